The first-order valence-electron chi connectivity index (χ1n) is 8.99. The molecule has 5 heteroatoms. The Morgan fingerprint density at radius 3 is 2.81 bits per heavy atom. The Morgan fingerprint density at radius 2 is 2.08 bits per heavy atom. The number of aromatic nitrogens is 3. The van der Waals surface area contributed by atoms with Gasteiger partial charge in [-0.15, -0.1) is 0 Å². The normalized spacial score (nSPS) is 14.8. The van der Waals surface area contributed by atoms with Gasteiger partial charge in [0.2, 0.25) is 0 Å². The van der Waals surface area contributed by atoms with E-state index in [2.05, 4.69) is 21.5 Å². The molecule has 1 aromatic carbocycles. The van der Waals surface area contributed by atoms with Crippen LogP contribution >= 0.6 is 0 Å². The molecule has 1 aliphatic carbocycles. The topological polar surface area (TPSA) is 59.8 Å². The standard InChI is InChI=1S/C21H22N4O/c1-15-9-10-22-19(11-15)20(17-7-8-17)24-21(26)18-12-23-25(14-18)13-16-5-3-2-4-6-16/h2-6,9-12,14,17,20H,7-8,13H2,1H3,(H,24,26)/t20-/m0/s1. The number of amides is 1. The molecule has 1 saturated carbocycles. The third-order valence-corrected chi connectivity index (χ3v) is 4.72. The van der Waals surface area contributed by atoms with Gasteiger partial charge >= 0.3 is 0 Å². The van der Waals surface area contributed by atoms with Crippen LogP contribution in [0.25, 0.3) is 0 Å². The maximum Gasteiger partial charge on any atom is 0.255 e. The van der Waals surface area contributed by atoms with Crippen molar-refractivity contribution in [2.75, 3.05) is 0 Å². The molecule has 0 spiro atoms. The molecule has 2 heterocycles. The maximum atomic E-state index is 12.7. The molecule has 1 N–H and O–H groups in total. The number of carbonyl (C=O) groups is 1. The Hall–Kier alpha value is -2.95. The van der Waals surface area contributed by atoms with E-state index in [1.54, 1.807) is 17.1 Å². The molecule has 0 radical (unpaired) electrons. The minimum Gasteiger partial charge on any atom is -0.343 e. The first-order valence-corrected chi connectivity index (χ1v) is 8.99. The Balaban J connectivity index is 1.47. The smallest absolute Gasteiger partial charge is 0.255 e. The van der Waals surface area contributed by atoms with Gasteiger partial charge in [-0.1, -0.05) is 30.3 Å². The second-order valence-corrected chi connectivity index (χ2v) is 6.96. The van der Waals surface area contributed by atoms with Crippen molar-refractivity contribution >= 4 is 5.91 Å². The van der Waals surface area contributed by atoms with Gasteiger partial charge in [-0.25, -0.2) is 0 Å². The maximum absolute atomic E-state index is 12.7. The molecule has 26 heavy (non-hydrogen) atoms. The zero-order valence-corrected chi connectivity index (χ0v) is 14.8. The van der Waals surface area contributed by atoms with Crippen molar-refractivity contribution in [3.63, 3.8) is 0 Å². The molecular formula is C21H22N4O. The lowest BCUT2D eigenvalue weighted by Gasteiger charge is -2.17. The van der Waals surface area contributed by atoms with E-state index in [1.165, 1.54) is 0 Å². The number of nitrogens with one attached hydrogen (secondary N) is 1. The van der Waals surface area contributed by atoms with E-state index in [1.807, 2.05) is 49.5 Å². The summed E-state index contributed by atoms with van der Waals surface area (Å²) in [6.45, 7) is 2.70. The quantitative estimate of drug-likeness (QED) is 0.743. The molecule has 3 aromatic rings. The highest BCUT2D eigenvalue weighted by Crippen LogP contribution is 2.40. The minimum absolute atomic E-state index is 0.0279. The summed E-state index contributed by atoms with van der Waals surface area (Å²) in [7, 11) is 0. The van der Waals surface area contributed by atoms with Crippen molar-refractivity contribution in [1.82, 2.24) is 20.1 Å². The van der Waals surface area contributed by atoms with E-state index in [0.717, 1.165) is 29.7 Å². The largest absolute Gasteiger partial charge is 0.343 e. The van der Waals surface area contributed by atoms with Crippen LogP contribution in [0.5, 0.6) is 0 Å². The van der Waals surface area contributed by atoms with E-state index >= 15 is 0 Å². The van der Waals surface area contributed by atoms with Crippen molar-refractivity contribution < 1.29 is 4.79 Å². The van der Waals surface area contributed by atoms with Crippen LogP contribution in [0.15, 0.2) is 61.1 Å². The van der Waals surface area contributed by atoms with E-state index in [4.69, 9.17) is 0 Å². The predicted octanol–water partition coefficient (Wildman–Crippen LogP) is 3.52. The second kappa shape index (κ2) is 7.12. The van der Waals surface area contributed by atoms with Crippen molar-refractivity contribution in [1.29, 1.82) is 0 Å². The molecule has 1 fully saturated rings. The summed E-state index contributed by atoms with van der Waals surface area (Å²) >= 11 is 0. The van der Waals surface area contributed by atoms with Crippen LogP contribution in [-0.2, 0) is 6.54 Å². The van der Waals surface area contributed by atoms with Crippen LogP contribution in [0.2, 0.25) is 0 Å². The monoisotopic (exact) mass is 346 g/mol. The fourth-order valence-corrected chi connectivity index (χ4v) is 3.15. The number of aryl methyl sites for hydroxylation is 1. The minimum atomic E-state index is -0.0930. The number of hydrogen-bond donors (Lipinski definition) is 1. The van der Waals surface area contributed by atoms with Gasteiger partial charge in [0.05, 0.1) is 30.0 Å². The summed E-state index contributed by atoms with van der Waals surface area (Å²) in [5, 5.41) is 7.49. The molecule has 132 valence electrons. The zero-order chi connectivity index (χ0) is 17.9. The first kappa shape index (κ1) is 16.5. The average molecular weight is 346 g/mol. The summed E-state index contributed by atoms with van der Waals surface area (Å²) in [5.41, 5.74) is 3.84. The summed E-state index contributed by atoms with van der Waals surface area (Å²) in [5.74, 6) is 0.386. The number of carbonyl (C=O) groups excluding carboxylic acids is 1. The molecular weight excluding hydrogens is 324 g/mol. The van der Waals surface area contributed by atoms with Gasteiger partial charge in [0.1, 0.15) is 0 Å². The Bertz CT molecular complexity index is 899. The van der Waals surface area contributed by atoms with Crippen LogP contribution in [0.3, 0.4) is 0 Å². The van der Waals surface area contributed by atoms with Gasteiger partial charge in [0.15, 0.2) is 0 Å². The molecule has 0 unspecified atom stereocenters. The van der Waals surface area contributed by atoms with Crippen molar-refractivity contribution in [2.24, 2.45) is 5.92 Å². The molecule has 1 amide bonds. The van der Waals surface area contributed by atoms with Gasteiger partial charge in [0, 0.05) is 12.4 Å². The molecule has 0 aliphatic heterocycles. The van der Waals surface area contributed by atoms with Crippen LogP contribution in [-0.4, -0.2) is 20.7 Å². The van der Waals surface area contributed by atoms with Crippen LogP contribution < -0.4 is 5.32 Å². The van der Waals surface area contributed by atoms with E-state index in [9.17, 15) is 4.79 Å². The third-order valence-electron chi connectivity index (χ3n) is 4.72. The van der Waals surface area contributed by atoms with Crippen molar-refractivity contribution in [3.8, 4) is 0 Å². The summed E-state index contributed by atoms with van der Waals surface area (Å²) in [4.78, 5) is 17.2. The van der Waals surface area contributed by atoms with Gasteiger partial charge in [-0.2, -0.15) is 5.10 Å². The molecule has 1 aliphatic rings. The summed E-state index contributed by atoms with van der Waals surface area (Å²) in [6.07, 6.45) is 7.51. The van der Waals surface area contributed by atoms with Crippen LogP contribution in [0, 0.1) is 12.8 Å². The van der Waals surface area contributed by atoms with E-state index in [-0.39, 0.29) is 11.9 Å². The summed E-state index contributed by atoms with van der Waals surface area (Å²) < 4.78 is 1.79. The van der Waals surface area contributed by atoms with Crippen molar-refractivity contribution in [3.05, 3.63) is 83.4 Å². The molecule has 5 nitrogen and oxygen atoms in total. The van der Waals surface area contributed by atoms with Gasteiger partial charge in [0.25, 0.3) is 5.91 Å². The second-order valence-electron chi connectivity index (χ2n) is 6.96. The fourth-order valence-electron chi connectivity index (χ4n) is 3.15. The molecule has 1 atom stereocenters. The number of hydrogen-bond acceptors (Lipinski definition) is 3. The molecule has 0 bridgehead atoms. The number of pyridine rings is 1. The first-order chi connectivity index (χ1) is 12.7. The van der Waals surface area contributed by atoms with Gasteiger partial charge in [-0.3, -0.25) is 14.5 Å². The van der Waals surface area contributed by atoms with E-state index in [0.29, 0.717) is 18.0 Å². The SMILES string of the molecule is Cc1ccnc([C@@H](NC(=O)c2cnn(Cc3ccccc3)c2)C2CC2)c1. The average Bonchev–Trinajstić information content (AvgIpc) is 3.39. The molecule has 0 saturated heterocycles. The van der Waals surface area contributed by atoms with Gasteiger partial charge in [-0.05, 0) is 48.9 Å². The highest BCUT2D eigenvalue weighted by Gasteiger charge is 2.34. The Labute approximate surface area is 153 Å². The Kier molecular flexibility index (Phi) is 4.52. The molecule has 2 aromatic heterocycles. The van der Waals surface area contributed by atoms with E-state index < -0.39 is 0 Å². The predicted molar refractivity (Wildman–Crippen MR) is 99.7 cm³/mol. The van der Waals surface area contributed by atoms with Gasteiger partial charge < -0.3 is 5.32 Å². The number of benzene rings is 1. The highest BCUT2D eigenvalue weighted by atomic mass is 16.1. The van der Waals surface area contributed by atoms with Crippen LogP contribution in [0.1, 0.15) is 46.1 Å². The zero-order valence-electron chi connectivity index (χ0n) is 14.8. The van der Waals surface area contributed by atoms with Crippen molar-refractivity contribution in [2.45, 2.75) is 32.4 Å². The third kappa shape index (κ3) is 3.82. The lowest BCUT2D eigenvalue weighted by Crippen LogP contribution is -2.30. The lowest BCUT2D eigenvalue weighted by molar-refractivity contribution is 0.0930. The summed E-state index contributed by atoms with van der Waals surface area (Å²) in [6, 6.07) is 14.1. The number of nitrogens with zero attached hydrogens (tertiary/aromatic N) is 3. The van der Waals surface area contributed by atoms with Crippen LogP contribution in [0.4, 0.5) is 0 Å². The molecule has 4 rings (SSSR count). The fraction of sp³-hybridized carbons (Fsp3) is 0.286. The number of rotatable bonds is 6. The Morgan fingerprint density at radius 1 is 1.27 bits per heavy atom. The lowest BCUT2D eigenvalue weighted by atomic mass is 10.1. The highest BCUT2D eigenvalue weighted by molar-refractivity contribution is 5.94.